The lowest BCUT2D eigenvalue weighted by Gasteiger charge is -2.34. The van der Waals surface area contributed by atoms with Crippen LogP contribution in [-0.2, 0) is 21.7 Å². The van der Waals surface area contributed by atoms with Crippen molar-refractivity contribution in [3.8, 4) is 5.75 Å². The molecule has 0 spiro atoms. The Kier molecular flexibility index (Phi) is 4.27. The number of ether oxygens (including phenoxy) is 1. The number of nitrogens with zero attached hydrogens (tertiary/aromatic N) is 1. The molecule has 1 aliphatic rings. The minimum atomic E-state index is -1.69. The van der Waals surface area contributed by atoms with Gasteiger partial charge in [-0.2, -0.15) is 0 Å². The summed E-state index contributed by atoms with van der Waals surface area (Å²) in [7, 11) is 1.55. The summed E-state index contributed by atoms with van der Waals surface area (Å²) < 4.78 is 5.11. The van der Waals surface area contributed by atoms with Crippen LogP contribution >= 0.6 is 0 Å². The first-order valence-electron chi connectivity index (χ1n) is 7.76. The Balaban J connectivity index is 2.08. The number of hydrogen-bond acceptors (Lipinski definition) is 4. The highest BCUT2D eigenvalue weighted by molar-refractivity contribution is 6.06. The van der Waals surface area contributed by atoms with Gasteiger partial charge in [-0.25, -0.2) is 4.79 Å². The third kappa shape index (κ3) is 2.55. The smallest absolute Gasteiger partial charge is 0.334 e. The standard InChI is InChI=1S/C19H17NO5/c1-25-14-8-6-13(7-9-14)12-20-17(22)15-4-2-3-5-16(15)19(20,10-11-21)18(23)24/h2-9,11H,10,12H2,1H3,(H,23,24). The number of carboxylic acids is 1. The van der Waals surface area contributed by atoms with Crippen molar-refractivity contribution in [2.45, 2.75) is 18.5 Å². The second-order valence-corrected chi connectivity index (χ2v) is 5.82. The molecule has 0 bridgehead atoms. The average Bonchev–Trinajstić information content (AvgIpc) is 2.86. The maximum Gasteiger partial charge on any atom is 0.334 e. The molecule has 1 atom stereocenters. The van der Waals surface area contributed by atoms with E-state index in [-0.39, 0.29) is 13.0 Å². The van der Waals surface area contributed by atoms with Crippen LogP contribution in [0.3, 0.4) is 0 Å². The van der Waals surface area contributed by atoms with Crippen LogP contribution in [0.15, 0.2) is 48.5 Å². The molecule has 2 aromatic rings. The van der Waals surface area contributed by atoms with Crippen molar-refractivity contribution in [1.82, 2.24) is 4.90 Å². The molecule has 0 fully saturated rings. The minimum absolute atomic E-state index is 0.0810. The van der Waals surface area contributed by atoms with Crippen molar-refractivity contribution in [3.05, 3.63) is 65.2 Å². The van der Waals surface area contributed by atoms with E-state index in [1.807, 2.05) is 0 Å². The molecule has 1 N–H and O–H groups in total. The predicted octanol–water partition coefficient (Wildman–Crippen LogP) is 2.22. The first-order chi connectivity index (χ1) is 12.0. The van der Waals surface area contributed by atoms with Gasteiger partial charge in [0.05, 0.1) is 7.11 Å². The van der Waals surface area contributed by atoms with Crippen molar-refractivity contribution >= 4 is 18.2 Å². The number of aldehydes is 1. The summed E-state index contributed by atoms with van der Waals surface area (Å²) in [5.74, 6) is -0.945. The van der Waals surface area contributed by atoms with Crippen LogP contribution in [0, 0.1) is 0 Å². The van der Waals surface area contributed by atoms with Gasteiger partial charge in [0.1, 0.15) is 12.0 Å². The highest BCUT2D eigenvalue weighted by Gasteiger charge is 2.54. The number of hydrogen-bond donors (Lipinski definition) is 1. The molecule has 0 saturated heterocycles. The zero-order chi connectivity index (χ0) is 18.0. The van der Waals surface area contributed by atoms with E-state index in [4.69, 9.17) is 4.74 Å². The van der Waals surface area contributed by atoms with Gasteiger partial charge in [-0.15, -0.1) is 0 Å². The van der Waals surface area contributed by atoms with Crippen LogP contribution < -0.4 is 4.74 Å². The lowest BCUT2D eigenvalue weighted by Crippen LogP contribution is -2.49. The molecule has 0 radical (unpaired) electrons. The van der Waals surface area contributed by atoms with E-state index < -0.39 is 17.4 Å². The summed E-state index contributed by atoms with van der Waals surface area (Å²) in [6.45, 7) is 0.0810. The number of carbonyl (C=O) groups is 3. The van der Waals surface area contributed by atoms with Gasteiger partial charge in [0, 0.05) is 24.1 Å². The Morgan fingerprint density at radius 2 is 1.88 bits per heavy atom. The topological polar surface area (TPSA) is 83.9 Å². The van der Waals surface area contributed by atoms with Crippen LogP contribution in [0.5, 0.6) is 5.75 Å². The average molecular weight is 339 g/mol. The molecule has 128 valence electrons. The summed E-state index contributed by atoms with van der Waals surface area (Å²) in [5.41, 5.74) is -0.262. The van der Waals surface area contributed by atoms with Crippen LogP contribution in [0.25, 0.3) is 0 Å². The van der Waals surface area contributed by atoms with Gasteiger partial charge in [-0.05, 0) is 23.8 Å². The Labute approximate surface area is 144 Å². The Bertz CT molecular complexity index is 830. The number of carbonyl (C=O) groups excluding carboxylic acids is 2. The number of aliphatic carboxylic acids is 1. The fourth-order valence-corrected chi connectivity index (χ4v) is 3.27. The summed E-state index contributed by atoms with van der Waals surface area (Å²) in [6, 6.07) is 13.6. The fraction of sp³-hybridized carbons (Fsp3) is 0.211. The highest BCUT2D eigenvalue weighted by Crippen LogP contribution is 2.42. The molecule has 6 nitrogen and oxygen atoms in total. The normalized spacial score (nSPS) is 18.8. The van der Waals surface area contributed by atoms with Crippen molar-refractivity contribution in [1.29, 1.82) is 0 Å². The summed E-state index contributed by atoms with van der Waals surface area (Å²) in [4.78, 5) is 37.5. The highest BCUT2D eigenvalue weighted by atomic mass is 16.5. The molecule has 3 rings (SSSR count). The first kappa shape index (κ1) is 16.7. The molecule has 0 aromatic heterocycles. The van der Waals surface area contributed by atoms with E-state index in [9.17, 15) is 19.5 Å². The van der Waals surface area contributed by atoms with Gasteiger partial charge in [-0.3, -0.25) is 4.79 Å². The molecule has 1 unspecified atom stereocenters. The van der Waals surface area contributed by atoms with Crippen LogP contribution in [0.1, 0.15) is 27.9 Å². The number of benzene rings is 2. The number of methoxy groups -OCH3 is 1. The fourth-order valence-electron chi connectivity index (χ4n) is 3.27. The van der Waals surface area contributed by atoms with Crippen LogP contribution in [0.4, 0.5) is 0 Å². The van der Waals surface area contributed by atoms with Crippen LogP contribution in [0.2, 0.25) is 0 Å². The Morgan fingerprint density at radius 3 is 2.48 bits per heavy atom. The van der Waals surface area contributed by atoms with Gasteiger partial charge >= 0.3 is 5.97 Å². The van der Waals surface area contributed by atoms with E-state index >= 15 is 0 Å². The second-order valence-electron chi connectivity index (χ2n) is 5.82. The lowest BCUT2D eigenvalue weighted by atomic mass is 9.86. The molecule has 1 aliphatic heterocycles. The van der Waals surface area contributed by atoms with E-state index in [0.29, 0.717) is 23.2 Å². The maximum atomic E-state index is 12.8. The number of rotatable bonds is 6. The molecular formula is C19H17NO5. The lowest BCUT2D eigenvalue weighted by molar-refractivity contribution is -0.152. The molecule has 6 heteroatoms. The Morgan fingerprint density at radius 1 is 1.20 bits per heavy atom. The van der Waals surface area contributed by atoms with Crippen LogP contribution in [-0.4, -0.2) is 35.3 Å². The number of amides is 1. The Hall–Kier alpha value is -3.15. The molecular weight excluding hydrogens is 322 g/mol. The van der Waals surface area contributed by atoms with Gasteiger partial charge in [-0.1, -0.05) is 30.3 Å². The summed E-state index contributed by atoms with van der Waals surface area (Å²) in [5, 5.41) is 9.92. The van der Waals surface area contributed by atoms with Crippen molar-refractivity contribution in [3.63, 3.8) is 0 Å². The monoisotopic (exact) mass is 339 g/mol. The number of carboxylic acid groups (broad SMARTS) is 1. The largest absolute Gasteiger partial charge is 0.497 e. The van der Waals surface area contributed by atoms with Gasteiger partial charge in [0.25, 0.3) is 5.91 Å². The zero-order valence-electron chi connectivity index (χ0n) is 13.6. The quantitative estimate of drug-likeness (QED) is 0.816. The van der Waals surface area contributed by atoms with Gasteiger partial charge in [0.2, 0.25) is 0 Å². The van der Waals surface area contributed by atoms with Crippen molar-refractivity contribution in [2.75, 3.05) is 7.11 Å². The maximum absolute atomic E-state index is 12.8. The number of fused-ring (bicyclic) bond motifs is 1. The minimum Gasteiger partial charge on any atom is -0.497 e. The van der Waals surface area contributed by atoms with E-state index in [1.165, 1.54) is 4.90 Å². The van der Waals surface area contributed by atoms with Crippen molar-refractivity contribution < 1.29 is 24.2 Å². The zero-order valence-corrected chi connectivity index (χ0v) is 13.6. The molecule has 0 saturated carbocycles. The molecule has 1 heterocycles. The summed E-state index contributed by atoms with van der Waals surface area (Å²) in [6.07, 6.45) is 0.242. The first-order valence-corrected chi connectivity index (χ1v) is 7.76. The molecule has 1 amide bonds. The third-order valence-electron chi connectivity index (χ3n) is 4.54. The third-order valence-corrected chi connectivity index (χ3v) is 4.54. The molecule has 0 aliphatic carbocycles. The predicted molar refractivity (Wildman–Crippen MR) is 89.3 cm³/mol. The van der Waals surface area contributed by atoms with Gasteiger partial charge in [0.15, 0.2) is 5.54 Å². The van der Waals surface area contributed by atoms with E-state index in [1.54, 1.807) is 55.6 Å². The SMILES string of the molecule is COc1ccc(CN2C(=O)c3ccccc3C2(CC=O)C(=O)O)cc1. The molecule has 25 heavy (non-hydrogen) atoms. The van der Waals surface area contributed by atoms with E-state index in [0.717, 1.165) is 5.56 Å². The van der Waals surface area contributed by atoms with E-state index in [2.05, 4.69) is 0 Å². The van der Waals surface area contributed by atoms with Crippen molar-refractivity contribution in [2.24, 2.45) is 0 Å². The summed E-state index contributed by atoms with van der Waals surface area (Å²) >= 11 is 0. The second kappa shape index (κ2) is 6.39. The molecule has 2 aromatic carbocycles. The van der Waals surface area contributed by atoms with Gasteiger partial charge < -0.3 is 19.5 Å².